The van der Waals surface area contributed by atoms with E-state index in [4.69, 9.17) is 4.84 Å². The molecule has 0 radical (unpaired) electrons. The van der Waals surface area contributed by atoms with E-state index in [-0.39, 0.29) is 0 Å². The number of hydrogen-bond donors (Lipinski definition) is 0. The second-order valence-corrected chi connectivity index (χ2v) is 5.81. The second kappa shape index (κ2) is 6.53. The van der Waals surface area contributed by atoms with E-state index in [1.807, 2.05) is 6.92 Å². The summed E-state index contributed by atoms with van der Waals surface area (Å²) in [5, 5.41) is 4.08. The van der Waals surface area contributed by atoms with Crippen LogP contribution in [0.1, 0.15) is 22.9 Å². The fourth-order valence-corrected chi connectivity index (χ4v) is 2.75. The molecule has 1 aromatic carbocycles. The summed E-state index contributed by atoms with van der Waals surface area (Å²) in [6.45, 7) is 10.3. The summed E-state index contributed by atoms with van der Waals surface area (Å²) in [6, 6.07) is 10.8. The zero-order valence-electron chi connectivity index (χ0n) is 12.1. The fourth-order valence-electron chi connectivity index (χ4n) is 1.81. The van der Waals surface area contributed by atoms with E-state index in [9.17, 15) is 0 Å². The van der Waals surface area contributed by atoms with Gasteiger partial charge in [0.1, 0.15) is 6.61 Å². The third-order valence-electron chi connectivity index (χ3n) is 3.15. The highest BCUT2D eigenvalue weighted by molar-refractivity contribution is 7.17. The van der Waals surface area contributed by atoms with Gasteiger partial charge >= 0.3 is 0 Å². The average molecular weight is 285 g/mol. The molecule has 1 heterocycles. The Morgan fingerprint density at radius 1 is 1.25 bits per heavy atom. The maximum Gasteiger partial charge on any atom is 0.135 e. The summed E-state index contributed by atoms with van der Waals surface area (Å²) < 4.78 is 0. The molecule has 2 aromatic rings. The van der Waals surface area contributed by atoms with Gasteiger partial charge in [0.15, 0.2) is 0 Å². The minimum Gasteiger partial charge on any atom is -0.391 e. The fraction of sp³-hybridized carbons (Fsp3) is 0.235. The van der Waals surface area contributed by atoms with Crippen LogP contribution in [0, 0.1) is 13.8 Å². The summed E-state index contributed by atoms with van der Waals surface area (Å²) in [4.78, 5) is 7.50. The van der Waals surface area contributed by atoms with E-state index in [2.05, 4.69) is 55.9 Å². The van der Waals surface area contributed by atoms with Crippen LogP contribution >= 0.6 is 11.3 Å². The van der Waals surface area contributed by atoms with Crippen LogP contribution in [0.4, 0.5) is 0 Å². The topological polar surface area (TPSA) is 21.6 Å². The van der Waals surface area contributed by atoms with Crippen LogP contribution < -0.4 is 0 Å². The van der Waals surface area contributed by atoms with Crippen LogP contribution in [-0.2, 0) is 4.84 Å². The molecule has 2 rings (SSSR count). The van der Waals surface area contributed by atoms with Gasteiger partial charge in [-0.2, -0.15) is 0 Å². The highest BCUT2D eigenvalue weighted by Gasteiger charge is 2.06. The Hall–Kier alpha value is -1.87. The molecule has 3 heteroatoms. The maximum atomic E-state index is 5.13. The Kier molecular flexibility index (Phi) is 4.74. The van der Waals surface area contributed by atoms with Crippen LogP contribution in [0.3, 0.4) is 0 Å². The van der Waals surface area contributed by atoms with Crippen molar-refractivity contribution in [2.75, 3.05) is 6.61 Å². The molecule has 0 saturated heterocycles. The van der Waals surface area contributed by atoms with Gasteiger partial charge in [-0.25, -0.2) is 0 Å². The first kappa shape index (κ1) is 14.5. The molecule has 0 aliphatic carbocycles. The molecule has 0 N–H and O–H groups in total. The first-order valence-corrected chi connectivity index (χ1v) is 7.38. The molecule has 0 spiro atoms. The molecule has 0 bridgehead atoms. The molecule has 0 atom stereocenters. The Morgan fingerprint density at radius 2 is 2.05 bits per heavy atom. The molecule has 20 heavy (non-hydrogen) atoms. The largest absolute Gasteiger partial charge is 0.391 e. The molecule has 104 valence electrons. The highest BCUT2D eigenvalue weighted by atomic mass is 32.1. The molecule has 0 aliphatic heterocycles. The van der Waals surface area contributed by atoms with Crippen molar-refractivity contribution in [2.24, 2.45) is 5.16 Å². The number of hydrogen-bond acceptors (Lipinski definition) is 3. The van der Waals surface area contributed by atoms with Crippen LogP contribution in [-0.4, -0.2) is 12.3 Å². The predicted molar refractivity (Wildman–Crippen MR) is 87.6 cm³/mol. The van der Waals surface area contributed by atoms with E-state index >= 15 is 0 Å². The Bertz CT molecular complexity index is 640. The van der Waals surface area contributed by atoms with Crippen LogP contribution in [0.5, 0.6) is 0 Å². The first-order valence-electron chi connectivity index (χ1n) is 6.57. The zero-order valence-corrected chi connectivity index (χ0v) is 13.0. The average Bonchev–Trinajstić information content (AvgIpc) is 2.92. The van der Waals surface area contributed by atoms with E-state index in [1.54, 1.807) is 17.4 Å². The smallest absolute Gasteiger partial charge is 0.135 e. The lowest BCUT2D eigenvalue weighted by atomic mass is 10.1. The van der Waals surface area contributed by atoms with Crippen molar-refractivity contribution < 1.29 is 4.84 Å². The lowest BCUT2D eigenvalue weighted by Crippen LogP contribution is -1.92. The molecule has 0 unspecified atom stereocenters. The molecule has 2 nitrogen and oxygen atoms in total. The van der Waals surface area contributed by atoms with Gasteiger partial charge in [-0.15, -0.1) is 11.3 Å². The van der Waals surface area contributed by atoms with E-state index in [0.717, 1.165) is 10.6 Å². The minimum absolute atomic E-state index is 0.437. The number of aryl methyl sites for hydroxylation is 2. The van der Waals surface area contributed by atoms with E-state index < -0.39 is 0 Å². The van der Waals surface area contributed by atoms with Gasteiger partial charge in [0.05, 0.1) is 10.6 Å². The number of oxime groups is 1. The summed E-state index contributed by atoms with van der Waals surface area (Å²) >= 11 is 1.73. The van der Waals surface area contributed by atoms with Crippen molar-refractivity contribution in [3.05, 3.63) is 59.0 Å². The molecule has 0 saturated carbocycles. The molecule has 0 amide bonds. The van der Waals surface area contributed by atoms with Gasteiger partial charge < -0.3 is 4.84 Å². The van der Waals surface area contributed by atoms with Gasteiger partial charge in [-0.05, 0) is 49.6 Å². The van der Waals surface area contributed by atoms with Crippen molar-refractivity contribution in [3.63, 3.8) is 0 Å². The maximum absolute atomic E-state index is 5.13. The Labute approximate surface area is 124 Å². The van der Waals surface area contributed by atoms with Crippen molar-refractivity contribution >= 4 is 17.0 Å². The number of thiophene rings is 1. The lowest BCUT2D eigenvalue weighted by molar-refractivity contribution is 0.175. The zero-order chi connectivity index (χ0) is 14.5. The van der Waals surface area contributed by atoms with E-state index in [1.165, 1.54) is 21.6 Å². The first-order chi connectivity index (χ1) is 9.61. The van der Waals surface area contributed by atoms with Crippen LogP contribution in [0.25, 0.3) is 10.4 Å². The van der Waals surface area contributed by atoms with E-state index in [0.29, 0.717) is 6.61 Å². The number of nitrogens with zero attached hydrogens (tertiary/aromatic N) is 1. The standard InChI is InChI=1S/C17H19NOS/c1-5-10-19-18-14(4)16-8-9-17(20-16)15-7-6-12(2)13(3)11-15/h5-9,11H,1,10H2,2-4H3/b18-14+. The van der Waals surface area contributed by atoms with Crippen LogP contribution in [0.2, 0.25) is 0 Å². The minimum atomic E-state index is 0.437. The second-order valence-electron chi connectivity index (χ2n) is 4.72. The SMILES string of the molecule is C=CCO/N=C(\C)c1ccc(-c2ccc(C)c(C)c2)s1. The predicted octanol–water partition coefficient (Wildman–Crippen LogP) is 4.96. The number of rotatable bonds is 5. The van der Waals surface area contributed by atoms with Gasteiger partial charge in [0, 0.05) is 4.88 Å². The van der Waals surface area contributed by atoms with Crippen molar-refractivity contribution in [1.29, 1.82) is 0 Å². The summed E-state index contributed by atoms with van der Waals surface area (Å²) in [5.74, 6) is 0. The molecule has 0 aliphatic rings. The molecular weight excluding hydrogens is 266 g/mol. The highest BCUT2D eigenvalue weighted by Crippen LogP contribution is 2.29. The van der Waals surface area contributed by atoms with Gasteiger partial charge in [0.25, 0.3) is 0 Å². The Balaban J connectivity index is 2.21. The lowest BCUT2D eigenvalue weighted by Gasteiger charge is -2.03. The normalized spacial score (nSPS) is 11.4. The summed E-state index contributed by atoms with van der Waals surface area (Å²) in [7, 11) is 0. The van der Waals surface area contributed by atoms with Crippen LogP contribution in [0.15, 0.2) is 48.1 Å². The molecular formula is C17H19NOS. The monoisotopic (exact) mass is 285 g/mol. The van der Waals surface area contributed by atoms with Crippen molar-refractivity contribution in [2.45, 2.75) is 20.8 Å². The molecule has 0 fully saturated rings. The van der Waals surface area contributed by atoms with Crippen molar-refractivity contribution in [3.8, 4) is 10.4 Å². The summed E-state index contributed by atoms with van der Waals surface area (Å²) in [6.07, 6.45) is 1.69. The van der Waals surface area contributed by atoms with Gasteiger partial charge in [-0.1, -0.05) is 36.0 Å². The van der Waals surface area contributed by atoms with Gasteiger partial charge in [-0.3, -0.25) is 0 Å². The quantitative estimate of drug-likeness (QED) is 0.329. The Morgan fingerprint density at radius 3 is 2.75 bits per heavy atom. The third-order valence-corrected chi connectivity index (χ3v) is 4.39. The number of benzene rings is 1. The molecule has 1 aromatic heterocycles. The van der Waals surface area contributed by atoms with Gasteiger partial charge in [0.2, 0.25) is 0 Å². The van der Waals surface area contributed by atoms with Crippen molar-refractivity contribution in [1.82, 2.24) is 0 Å². The third kappa shape index (κ3) is 3.36. The summed E-state index contributed by atoms with van der Waals surface area (Å²) in [5.41, 5.74) is 4.79.